The number of carbonyl (C=O) groups is 2. The van der Waals surface area contributed by atoms with Crippen LogP contribution in [0.5, 0.6) is 0 Å². The Balaban J connectivity index is 4.57. The maximum Gasteiger partial charge on any atom is 0.306 e. The van der Waals surface area contributed by atoms with Gasteiger partial charge in [-0.1, -0.05) is 230 Å². The maximum atomic E-state index is 13.2. The Kier molecular flexibility index (Phi) is 49.1. The fourth-order valence-corrected chi connectivity index (χ4v) is 8.22. The topological polar surface area (TPSA) is 95.9 Å². The van der Waals surface area contributed by atoms with Crippen LogP contribution < -0.4 is 5.32 Å². The zero-order valence-electron chi connectivity index (χ0n) is 42.0. The minimum absolute atomic E-state index is 0.0588. The number of hydrogen-bond acceptors (Lipinski definition) is 5. The van der Waals surface area contributed by atoms with Gasteiger partial charge in [0, 0.05) is 6.42 Å². The molecular weight excluding hydrogens is 779 g/mol. The average Bonchev–Trinajstić information content (AvgIpc) is 3.28. The highest BCUT2D eigenvalue weighted by Crippen LogP contribution is 2.17. The molecule has 0 bridgehead atoms. The number of carbonyl (C=O) groups excluding carboxylic acids is 2. The lowest BCUT2D eigenvalue weighted by Crippen LogP contribution is -2.46. The molecule has 0 aromatic carbocycles. The third-order valence-corrected chi connectivity index (χ3v) is 12.4. The second kappa shape index (κ2) is 50.8. The predicted octanol–water partition coefficient (Wildman–Crippen LogP) is 16.6. The van der Waals surface area contributed by atoms with Crippen LogP contribution in [0.4, 0.5) is 0 Å². The average molecular weight is 884 g/mol. The van der Waals surface area contributed by atoms with Crippen LogP contribution in [-0.4, -0.2) is 46.9 Å². The quantitative estimate of drug-likeness (QED) is 0.0245. The molecule has 1 amide bonds. The maximum absolute atomic E-state index is 13.2. The zero-order valence-corrected chi connectivity index (χ0v) is 42.0. The molecule has 3 unspecified atom stereocenters. The van der Waals surface area contributed by atoms with E-state index in [-0.39, 0.29) is 24.9 Å². The fourth-order valence-electron chi connectivity index (χ4n) is 8.22. The third-order valence-electron chi connectivity index (χ3n) is 12.4. The van der Waals surface area contributed by atoms with Crippen molar-refractivity contribution in [2.24, 2.45) is 0 Å². The molecule has 368 valence electrons. The summed E-state index contributed by atoms with van der Waals surface area (Å²) in [6.45, 7) is 6.44. The van der Waals surface area contributed by atoms with E-state index in [9.17, 15) is 19.8 Å². The van der Waals surface area contributed by atoms with Gasteiger partial charge < -0.3 is 20.3 Å². The van der Waals surface area contributed by atoms with Crippen LogP contribution in [0.3, 0.4) is 0 Å². The number of hydrogen-bond donors (Lipinski definition) is 3. The Morgan fingerprint density at radius 3 is 1.35 bits per heavy atom. The van der Waals surface area contributed by atoms with Crippen LogP contribution in [0.2, 0.25) is 0 Å². The number of aliphatic hydroxyl groups excluding tert-OH is 2. The fraction of sp³-hybridized carbons (Fsp3) is 0.825. The van der Waals surface area contributed by atoms with Gasteiger partial charge in [-0.3, -0.25) is 9.59 Å². The van der Waals surface area contributed by atoms with Crippen LogP contribution >= 0.6 is 0 Å². The van der Waals surface area contributed by atoms with Gasteiger partial charge in [0.1, 0.15) is 6.10 Å². The Bertz CT molecular complexity index is 1080. The number of ether oxygens (including phenoxy) is 1. The number of unbranched alkanes of at least 4 members (excludes halogenated alkanes) is 30. The van der Waals surface area contributed by atoms with Crippen molar-refractivity contribution in [1.82, 2.24) is 5.32 Å². The van der Waals surface area contributed by atoms with E-state index in [1.165, 1.54) is 154 Å². The molecular formula is C57H105NO5. The summed E-state index contributed by atoms with van der Waals surface area (Å²) in [4.78, 5) is 26.2. The molecule has 0 aliphatic rings. The molecule has 0 aromatic heterocycles. The van der Waals surface area contributed by atoms with Gasteiger partial charge in [0.05, 0.1) is 25.2 Å². The van der Waals surface area contributed by atoms with Crippen molar-refractivity contribution in [3.05, 3.63) is 48.6 Å². The van der Waals surface area contributed by atoms with Gasteiger partial charge >= 0.3 is 5.97 Å². The molecule has 0 fully saturated rings. The van der Waals surface area contributed by atoms with E-state index in [0.717, 1.165) is 77.0 Å². The van der Waals surface area contributed by atoms with Gasteiger partial charge in [-0.2, -0.15) is 0 Å². The summed E-state index contributed by atoms with van der Waals surface area (Å²) in [6, 6.07) is -0.709. The number of esters is 1. The summed E-state index contributed by atoms with van der Waals surface area (Å²) in [5, 5.41) is 23.7. The van der Waals surface area contributed by atoms with Gasteiger partial charge in [0.2, 0.25) is 5.91 Å². The second-order valence-electron chi connectivity index (χ2n) is 18.7. The molecule has 0 heterocycles. The monoisotopic (exact) mass is 884 g/mol. The van der Waals surface area contributed by atoms with Crippen molar-refractivity contribution in [2.45, 2.75) is 296 Å². The normalized spacial score (nSPS) is 13.5. The lowest BCUT2D eigenvalue weighted by molar-refractivity contribution is -0.151. The SMILES string of the molecule is CCCCC/C=C\C/C=C\CCCCCCCCCCCC(=O)OC(CCCCC/C=C/C=C/CCCCCCCCC)CC(=O)NC(CO)C(O)CCCCCCCCCCC. The van der Waals surface area contributed by atoms with E-state index < -0.39 is 18.2 Å². The molecule has 3 atom stereocenters. The molecule has 0 saturated heterocycles. The van der Waals surface area contributed by atoms with Crippen molar-refractivity contribution >= 4 is 11.9 Å². The summed E-state index contributed by atoms with van der Waals surface area (Å²) in [5.74, 6) is -0.498. The molecule has 0 saturated carbocycles. The highest BCUT2D eigenvalue weighted by molar-refractivity contribution is 5.77. The molecule has 0 spiro atoms. The first-order chi connectivity index (χ1) is 31.0. The van der Waals surface area contributed by atoms with E-state index in [4.69, 9.17) is 4.74 Å². The summed E-state index contributed by atoms with van der Waals surface area (Å²) in [7, 11) is 0. The van der Waals surface area contributed by atoms with Crippen molar-refractivity contribution in [1.29, 1.82) is 0 Å². The number of aliphatic hydroxyl groups is 2. The lowest BCUT2D eigenvalue weighted by Gasteiger charge is -2.24. The molecule has 0 radical (unpaired) electrons. The van der Waals surface area contributed by atoms with Crippen LogP contribution in [0, 0.1) is 0 Å². The molecule has 0 aromatic rings. The van der Waals surface area contributed by atoms with E-state index in [1.807, 2.05) is 0 Å². The van der Waals surface area contributed by atoms with Gasteiger partial charge in [0.25, 0.3) is 0 Å². The van der Waals surface area contributed by atoms with Gasteiger partial charge in [0.15, 0.2) is 0 Å². The van der Waals surface area contributed by atoms with Gasteiger partial charge in [-0.15, -0.1) is 0 Å². The highest BCUT2D eigenvalue weighted by atomic mass is 16.5. The summed E-state index contributed by atoms with van der Waals surface area (Å²) in [6.07, 6.45) is 61.8. The zero-order chi connectivity index (χ0) is 45.9. The molecule has 3 N–H and O–H groups in total. The first-order valence-electron chi connectivity index (χ1n) is 27.4. The number of nitrogens with one attached hydrogen (secondary N) is 1. The molecule has 0 aliphatic heterocycles. The molecule has 0 aliphatic carbocycles. The van der Waals surface area contributed by atoms with Gasteiger partial charge in [-0.05, 0) is 83.5 Å². The smallest absolute Gasteiger partial charge is 0.306 e. The standard InChI is InChI=1S/C57H105NO5/c1-4-7-10-13-16-19-21-23-25-27-28-29-31-33-35-38-41-44-47-50-57(62)63-53(48-45-42-39-37-34-32-30-26-24-22-20-17-14-11-8-5-2)51-56(61)58-54(52-59)55(60)49-46-43-40-36-18-15-12-9-6-3/h16,19,23,25-26,30,32,34,53-55,59-60H,4-15,17-18,20-22,24,27-29,31,33,35-52H2,1-3H3,(H,58,61)/b19-16-,25-23-,30-26+,34-32+. The minimum Gasteiger partial charge on any atom is -0.462 e. The summed E-state index contributed by atoms with van der Waals surface area (Å²) >= 11 is 0. The van der Waals surface area contributed by atoms with E-state index >= 15 is 0 Å². The van der Waals surface area contributed by atoms with Crippen molar-refractivity contribution in [3.63, 3.8) is 0 Å². The van der Waals surface area contributed by atoms with Crippen LogP contribution in [0.1, 0.15) is 278 Å². The Labute approximate surface area is 391 Å². The molecule has 0 rings (SSSR count). The van der Waals surface area contributed by atoms with E-state index in [0.29, 0.717) is 19.3 Å². The Hall–Kier alpha value is -2.18. The second-order valence-corrected chi connectivity index (χ2v) is 18.7. The lowest BCUT2D eigenvalue weighted by atomic mass is 10.0. The number of amides is 1. The first-order valence-corrected chi connectivity index (χ1v) is 27.4. The summed E-state index contributed by atoms with van der Waals surface area (Å²) in [5.41, 5.74) is 0. The predicted molar refractivity (Wildman–Crippen MR) is 273 cm³/mol. The van der Waals surface area contributed by atoms with E-state index in [2.05, 4.69) is 74.7 Å². The third kappa shape index (κ3) is 46.2. The number of allylic oxidation sites excluding steroid dienone is 8. The van der Waals surface area contributed by atoms with Gasteiger partial charge in [-0.25, -0.2) is 0 Å². The van der Waals surface area contributed by atoms with Crippen LogP contribution in [0.25, 0.3) is 0 Å². The molecule has 63 heavy (non-hydrogen) atoms. The Morgan fingerprint density at radius 1 is 0.476 bits per heavy atom. The van der Waals surface area contributed by atoms with Crippen molar-refractivity contribution < 1.29 is 24.5 Å². The highest BCUT2D eigenvalue weighted by Gasteiger charge is 2.24. The number of rotatable bonds is 49. The van der Waals surface area contributed by atoms with Crippen molar-refractivity contribution in [3.8, 4) is 0 Å². The van der Waals surface area contributed by atoms with Crippen LogP contribution in [-0.2, 0) is 14.3 Å². The van der Waals surface area contributed by atoms with Crippen LogP contribution in [0.15, 0.2) is 48.6 Å². The Morgan fingerprint density at radius 2 is 0.857 bits per heavy atom. The van der Waals surface area contributed by atoms with Crippen molar-refractivity contribution in [2.75, 3.05) is 6.61 Å². The minimum atomic E-state index is -0.794. The molecule has 6 nitrogen and oxygen atoms in total. The summed E-state index contributed by atoms with van der Waals surface area (Å²) < 4.78 is 5.94. The molecule has 6 heteroatoms. The van der Waals surface area contributed by atoms with E-state index in [1.54, 1.807) is 0 Å². The largest absolute Gasteiger partial charge is 0.462 e. The first kappa shape index (κ1) is 60.8.